The van der Waals surface area contributed by atoms with Crippen LogP contribution in [0.15, 0.2) is 76.7 Å². The monoisotopic (exact) mass is 541 g/mol. The van der Waals surface area contributed by atoms with Crippen molar-refractivity contribution in [2.75, 3.05) is 49.5 Å². The van der Waals surface area contributed by atoms with Crippen LogP contribution in [0.25, 0.3) is 0 Å². The van der Waals surface area contributed by atoms with E-state index in [-0.39, 0.29) is 18.3 Å². The maximum atomic E-state index is 13.4. The molecule has 40 heavy (non-hydrogen) atoms. The molecule has 1 aromatic heterocycles. The molecule has 1 fully saturated rings. The zero-order valence-electron chi connectivity index (χ0n) is 23.7. The largest absolute Gasteiger partial charge is 0.463 e. The van der Waals surface area contributed by atoms with Crippen molar-refractivity contribution in [2.24, 2.45) is 0 Å². The lowest BCUT2D eigenvalue weighted by atomic mass is 9.81. The predicted molar refractivity (Wildman–Crippen MR) is 159 cm³/mol. The molecule has 0 spiro atoms. The van der Waals surface area contributed by atoms with Gasteiger partial charge in [-0.05, 0) is 37.8 Å². The lowest BCUT2D eigenvalue weighted by molar-refractivity contribution is -0.138. The summed E-state index contributed by atoms with van der Waals surface area (Å²) < 4.78 is 7.26. The average molecular weight is 542 g/mol. The van der Waals surface area contributed by atoms with E-state index in [1.807, 2.05) is 57.2 Å². The van der Waals surface area contributed by atoms with Gasteiger partial charge in [0, 0.05) is 50.5 Å². The molecule has 1 atom stereocenters. The molecular formula is C32H39N5O3. The Hall–Kier alpha value is -3.91. The molecule has 5 rings (SSSR count). The van der Waals surface area contributed by atoms with Gasteiger partial charge in [-0.15, -0.1) is 0 Å². The summed E-state index contributed by atoms with van der Waals surface area (Å²) in [4.78, 5) is 36.1. The van der Waals surface area contributed by atoms with E-state index in [2.05, 4.69) is 44.4 Å². The summed E-state index contributed by atoms with van der Waals surface area (Å²) in [6.07, 6.45) is 1.80. The molecule has 2 aliphatic heterocycles. The maximum absolute atomic E-state index is 13.4. The summed E-state index contributed by atoms with van der Waals surface area (Å²) in [6, 6.07) is 20.6. The highest BCUT2D eigenvalue weighted by molar-refractivity contribution is 5.95. The third-order valence-electron chi connectivity index (χ3n) is 7.79. The number of carbonyl (C=O) groups excluding carboxylic acids is 1. The minimum Gasteiger partial charge on any atom is -0.463 e. The third-order valence-corrected chi connectivity index (χ3v) is 7.79. The Labute approximate surface area is 236 Å². The predicted octanol–water partition coefficient (Wildman–Crippen LogP) is 4.41. The summed E-state index contributed by atoms with van der Waals surface area (Å²) in [7, 11) is 0. The number of esters is 1. The molecule has 1 unspecified atom stereocenters. The number of carbonyl (C=O) groups is 1. The molecule has 2 aliphatic rings. The summed E-state index contributed by atoms with van der Waals surface area (Å²) in [5, 5.41) is 3.43. The van der Waals surface area contributed by atoms with Crippen LogP contribution >= 0.6 is 0 Å². The van der Waals surface area contributed by atoms with Crippen molar-refractivity contribution in [1.29, 1.82) is 0 Å². The second-order valence-electron chi connectivity index (χ2n) is 10.4. The van der Waals surface area contributed by atoms with E-state index in [1.54, 1.807) is 4.57 Å². The Bertz CT molecular complexity index is 1410. The zero-order chi connectivity index (χ0) is 28.1. The van der Waals surface area contributed by atoms with Crippen molar-refractivity contribution in [1.82, 2.24) is 14.5 Å². The van der Waals surface area contributed by atoms with E-state index in [9.17, 15) is 9.59 Å². The van der Waals surface area contributed by atoms with Gasteiger partial charge in [0.25, 0.3) is 0 Å². The Morgan fingerprint density at radius 1 is 0.975 bits per heavy atom. The summed E-state index contributed by atoms with van der Waals surface area (Å²) in [5.74, 6) is 0.629. The van der Waals surface area contributed by atoms with E-state index in [4.69, 9.17) is 4.74 Å². The number of hydrogen-bond acceptors (Lipinski definition) is 7. The fourth-order valence-electron chi connectivity index (χ4n) is 5.81. The van der Waals surface area contributed by atoms with Gasteiger partial charge in [0.1, 0.15) is 11.6 Å². The number of fused-ring (bicyclic) bond motifs is 1. The molecule has 8 nitrogen and oxygen atoms in total. The Morgan fingerprint density at radius 3 is 2.30 bits per heavy atom. The van der Waals surface area contributed by atoms with Gasteiger partial charge < -0.3 is 15.0 Å². The van der Waals surface area contributed by atoms with E-state index >= 15 is 0 Å². The van der Waals surface area contributed by atoms with Gasteiger partial charge in [0.15, 0.2) is 0 Å². The van der Waals surface area contributed by atoms with E-state index in [1.165, 1.54) is 5.56 Å². The molecule has 2 aromatic carbocycles. The number of rotatable bonds is 9. The van der Waals surface area contributed by atoms with Gasteiger partial charge in [-0.25, -0.2) is 9.59 Å². The molecule has 0 saturated carbocycles. The lowest BCUT2D eigenvalue weighted by Crippen LogP contribution is -2.48. The normalized spacial score (nSPS) is 17.4. The van der Waals surface area contributed by atoms with Crippen LogP contribution in [0.5, 0.6) is 0 Å². The smallest absolute Gasteiger partial charge is 0.351 e. The standard InChI is InChI=1S/C32H39N5O3/c1-4-17-37-30-28(27(25-14-10-7-11-15-25)26(23(3)33-30)31(38)40-5-2)29(34-32(37)39)36-21-19-35(20-22-36)18-16-24-12-8-6-9-13-24/h6-15,27,33H,4-5,16-22H2,1-3H3. The molecule has 1 saturated heterocycles. The van der Waals surface area contributed by atoms with Crippen molar-refractivity contribution < 1.29 is 9.53 Å². The number of nitrogens with zero attached hydrogens (tertiary/aromatic N) is 4. The van der Waals surface area contributed by atoms with Gasteiger partial charge >= 0.3 is 11.7 Å². The number of nitrogens with one attached hydrogen (secondary N) is 1. The molecule has 0 bridgehead atoms. The van der Waals surface area contributed by atoms with Gasteiger partial charge in [-0.1, -0.05) is 67.6 Å². The molecule has 210 valence electrons. The summed E-state index contributed by atoms with van der Waals surface area (Å²) in [6.45, 7) is 10.8. The number of ether oxygens (including phenoxy) is 1. The van der Waals surface area contributed by atoms with Crippen LogP contribution < -0.4 is 15.9 Å². The van der Waals surface area contributed by atoms with Crippen LogP contribution in [-0.2, 0) is 22.5 Å². The highest BCUT2D eigenvalue weighted by atomic mass is 16.5. The van der Waals surface area contributed by atoms with Crippen LogP contribution in [0.2, 0.25) is 0 Å². The van der Waals surface area contributed by atoms with E-state index in [0.717, 1.165) is 62.5 Å². The number of aromatic nitrogens is 2. The zero-order valence-corrected chi connectivity index (χ0v) is 23.7. The van der Waals surface area contributed by atoms with Crippen LogP contribution in [0.1, 0.15) is 49.8 Å². The van der Waals surface area contributed by atoms with Crippen molar-refractivity contribution in [3.05, 3.63) is 99.1 Å². The first-order valence-corrected chi connectivity index (χ1v) is 14.4. The molecule has 1 N–H and O–H groups in total. The second-order valence-corrected chi connectivity index (χ2v) is 10.4. The Balaban J connectivity index is 1.53. The molecule has 8 heteroatoms. The molecule has 0 amide bonds. The second kappa shape index (κ2) is 12.5. The Morgan fingerprint density at radius 2 is 1.65 bits per heavy atom. The van der Waals surface area contributed by atoms with Gasteiger partial charge in [0.05, 0.1) is 18.1 Å². The van der Waals surface area contributed by atoms with Crippen LogP contribution in [0.4, 0.5) is 11.6 Å². The highest BCUT2D eigenvalue weighted by Gasteiger charge is 2.39. The molecule has 0 aliphatic carbocycles. The van der Waals surface area contributed by atoms with Gasteiger partial charge in [-0.3, -0.25) is 9.47 Å². The van der Waals surface area contributed by atoms with Gasteiger partial charge in [0.2, 0.25) is 0 Å². The molecular weight excluding hydrogens is 502 g/mol. The number of hydrogen-bond donors (Lipinski definition) is 1. The number of allylic oxidation sites excluding steroid dienone is 1. The van der Waals surface area contributed by atoms with Crippen molar-refractivity contribution in [3.8, 4) is 0 Å². The van der Waals surface area contributed by atoms with Crippen molar-refractivity contribution in [2.45, 2.75) is 46.1 Å². The first-order chi connectivity index (χ1) is 19.5. The maximum Gasteiger partial charge on any atom is 0.351 e. The van der Waals surface area contributed by atoms with Crippen LogP contribution in [0, 0.1) is 0 Å². The Kier molecular flexibility index (Phi) is 8.65. The van der Waals surface area contributed by atoms with Crippen molar-refractivity contribution in [3.63, 3.8) is 0 Å². The van der Waals surface area contributed by atoms with E-state index in [0.29, 0.717) is 23.6 Å². The lowest BCUT2D eigenvalue weighted by Gasteiger charge is -2.39. The van der Waals surface area contributed by atoms with Crippen LogP contribution in [-0.4, -0.2) is 59.8 Å². The quantitative estimate of drug-likeness (QED) is 0.402. The number of benzene rings is 2. The first-order valence-electron chi connectivity index (χ1n) is 14.4. The van der Waals surface area contributed by atoms with Gasteiger partial charge in [-0.2, -0.15) is 4.98 Å². The topological polar surface area (TPSA) is 79.7 Å². The molecule has 0 radical (unpaired) electrons. The molecule has 3 aromatic rings. The highest BCUT2D eigenvalue weighted by Crippen LogP contribution is 2.45. The third kappa shape index (κ3) is 5.68. The first kappa shape index (κ1) is 27.6. The minimum absolute atomic E-state index is 0.270. The number of piperazine rings is 1. The van der Waals surface area contributed by atoms with E-state index < -0.39 is 5.92 Å². The molecule has 3 heterocycles. The average Bonchev–Trinajstić information content (AvgIpc) is 2.98. The minimum atomic E-state index is -0.404. The van der Waals surface area contributed by atoms with Crippen molar-refractivity contribution >= 4 is 17.6 Å². The van der Waals surface area contributed by atoms with Crippen LogP contribution in [0.3, 0.4) is 0 Å². The summed E-state index contributed by atoms with van der Waals surface area (Å²) >= 11 is 0. The SMILES string of the molecule is CCCn1c2c(c(N3CCN(CCc4ccccc4)CC3)nc1=O)C(c1ccccc1)C(C(=O)OCC)=C(C)N2. The fourth-order valence-corrected chi connectivity index (χ4v) is 5.81. The summed E-state index contributed by atoms with van der Waals surface area (Å²) in [5.41, 5.74) is 4.17. The fraction of sp³-hybridized carbons (Fsp3) is 0.406. The number of anilines is 2.